The fraction of sp³-hybridized carbons (Fsp3) is 0.0800. The minimum Gasteiger partial charge on any atom is -0.382 e. The van der Waals surface area contributed by atoms with Gasteiger partial charge in [0, 0.05) is 17.6 Å². The Balaban J connectivity index is 1.87. The quantitative estimate of drug-likeness (QED) is 0.334. The van der Waals surface area contributed by atoms with E-state index in [4.69, 9.17) is 5.26 Å². The lowest BCUT2D eigenvalue weighted by Gasteiger charge is -2.15. The van der Waals surface area contributed by atoms with Crippen LogP contribution in [0.4, 0.5) is 24.5 Å². The van der Waals surface area contributed by atoms with E-state index in [1.54, 1.807) is 30.3 Å². The van der Waals surface area contributed by atoms with Crippen molar-refractivity contribution in [3.05, 3.63) is 114 Å². The third-order valence-corrected chi connectivity index (χ3v) is 4.63. The Kier molecular flexibility index (Phi) is 7.46. The van der Waals surface area contributed by atoms with E-state index >= 15 is 0 Å². The van der Waals surface area contributed by atoms with E-state index in [0.717, 1.165) is 0 Å². The highest BCUT2D eigenvalue weighted by atomic mass is 19.4. The van der Waals surface area contributed by atoms with Crippen LogP contribution in [0.1, 0.15) is 22.9 Å². The van der Waals surface area contributed by atoms with Gasteiger partial charge < -0.3 is 15.7 Å². The number of carbonyl (C=O) groups excluding carboxylic acids is 1. The van der Waals surface area contributed by atoms with E-state index in [1.165, 1.54) is 42.6 Å². The summed E-state index contributed by atoms with van der Waals surface area (Å²) in [4.78, 5) is 17.0. The molecule has 1 aromatic heterocycles. The lowest BCUT2D eigenvalue weighted by atomic mass is 10.1. The fourth-order valence-electron chi connectivity index (χ4n) is 2.93. The van der Waals surface area contributed by atoms with Crippen LogP contribution in [-0.4, -0.2) is 22.2 Å². The summed E-state index contributed by atoms with van der Waals surface area (Å²) in [6, 6.07) is 19.1. The molecule has 0 fully saturated rings. The van der Waals surface area contributed by atoms with Crippen LogP contribution in [0.5, 0.6) is 0 Å². The summed E-state index contributed by atoms with van der Waals surface area (Å²) in [7, 11) is 0. The number of alkyl halides is 3. The van der Waals surface area contributed by atoms with Crippen LogP contribution in [0.2, 0.25) is 0 Å². The molecule has 0 aliphatic rings. The number of amides is 1. The van der Waals surface area contributed by atoms with Crippen LogP contribution in [0.15, 0.2) is 96.9 Å². The first-order chi connectivity index (χ1) is 16.2. The molecule has 0 radical (unpaired) electrons. The highest BCUT2D eigenvalue weighted by molar-refractivity contribution is 6.06. The van der Waals surface area contributed by atoms with Crippen LogP contribution in [-0.2, 0) is 4.79 Å². The van der Waals surface area contributed by atoms with Crippen molar-refractivity contribution in [3.63, 3.8) is 0 Å². The van der Waals surface area contributed by atoms with Gasteiger partial charge in [0.2, 0.25) is 0 Å². The first-order valence-electron chi connectivity index (χ1n) is 9.92. The topological polar surface area (TPSA) is 98.0 Å². The number of aliphatic hydroxyl groups excluding tert-OH is 1. The molecule has 2 aromatic carbocycles. The number of anilines is 2. The highest BCUT2D eigenvalue weighted by Gasteiger charge is 2.31. The molecule has 1 unspecified atom stereocenters. The van der Waals surface area contributed by atoms with Gasteiger partial charge in [-0.25, -0.2) is 0 Å². The number of allylic oxidation sites excluding steroid dienone is 2. The number of carbonyl (C=O) groups is 1. The number of aromatic nitrogens is 1. The highest BCUT2D eigenvalue weighted by Crippen LogP contribution is 2.27. The zero-order valence-corrected chi connectivity index (χ0v) is 17.7. The van der Waals surface area contributed by atoms with Gasteiger partial charge in [0.1, 0.15) is 11.8 Å². The van der Waals surface area contributed by atoms with Gasteiger partial charge in [0.25, 0.3) is 5.91 Å². The van der Waals surface area contributed by atoms with Crippen LogP contribution in [0.25, 0.3) is 0 Å². The first kappa shape index (κ1) is 24.2. The minimum absolute atomic E-state index is 0.244. The van der Waals surface area contributed by atoms with Gasteiger partial charge in [-0.15, -0.1) is 0 Å². The van der Waals surface area contributed by atoms with E-state index in [-0.39, 0.29) is 16.9 Å². The second-order valence-electron chi connectivity index (χ2n) is 7.14. The van der Waals surface area contributed by atoms with Crippen molar-refractivity contribution in [2.75, 3.05) is 10.6 Å². The van der Waals surface area contributed by atoms with Crippen LogP contribution >= 0.6 is 0 Å². The Labute approximate surface area is 193 Å². The Morgan fingerprint density at radius 2 is 1.76 bits per heavy atom. The van der Waals surface area contributed by atoms with Crippen molar-refractivity contribution in [2.45, 2.75) is 12.3 Å². The lowest BCUT2D eigenvalue weighted by molar-refractivity contribution is -0.112. The summed E-state index contributed by atoms with van der Waals surface area (Å²) >= 11 is 0. The third kappa shape index (κ3) is 6.31. The molecule has 1 atom stereocenters. The summed E-state index contributed by atoms with van der Waals surface area (Å²) in [5.41, 5.74) is -0.101. The molecule has 3 rings (SSSR count). The van der Waals surface area contributed by atoms with Gasteiger partial charge >= 0.3 is 6.18 Å². The molecular weight excluding hydrogens is 445 g/mol. The number of hydrogen-bond acceptors (Lipinski definition) is 5. The van der Waals surface area contributed by atoms with Gasteiger partial charge in [-0.2, -0.15) is 18.4 Å². The number of rotatable bonds is 7. The lowest BCUT2D eigenvalue weighted by Crippen LogP contribution is -2.21. The van der Waals surface area contributed by atoms with E-state index in [1.807, 2.05) is 6.07 Å². The van der Waals surface area contributed by atoms with E-state index in [0.29, 0.717) is 17.3 Å². The van der Waals surface area contributed by atoms with Gasteiger partial charge in [-0.1, -0.05) is 30.8 Å². The molecule has 172 valence electrons. The second-order valence-corrected chi connectivity index (χ2v) is 7.14. The predicted octanol–water partition coefficient (Wildman–Crippen LogP) is 5.09. The van der Waals surface area contributed by atoms with Gasteiger partial charge in [-0.05, 0) is 54.1 Å². The average molecular weight is 464 g/mol. The number of benzene rings is 2. The molecular formula is C25H19F3N4O2. The average Bonchev–Trinajstić information content (AvgIpc) is 2.83. The minimum atomic E-state index is -4.74. The largest absolute Gasteiger partial charge is 0.415 e. The summed E-state index contributed by atoms with van der Waals surface area (Å²) < 4.78 is 39.2. The van der Waals surface area contributed by atoms with Gasteiger partial charge in [-0.3, -0.25) is 9.78 Å². The van der Waals surface area contributed by atoms with Crippen LogP contribution in [0, 0.1) is 11.3 Å². The maximum Gasteiger partial charge on any atom is 0.415 e. The molecule has 3 N–H and O–H groups in total. The Morgan fingerprint density at radius 3 is 2.41 bits per heavy atom. The van der Waals surface area contributed by atoms with Gasteiger partial charge in [0.15, 0.2) is 0 Å². The molecule has 1 amide bonds. The normalized spacial score (nSPS) is 12.4. The zero-order chi connectivity index (χ0) is 24.7. The summed E-state index contributed by atoms with van der Waals surface area (Å²) in [6.07, 6.45) is -3.69. The smallest absolute Gasteiger partial charge is 0.382 e. The Bertz CT molecular complexity index is 1260. The summed E-state index contributed by atoms with van der Waals surface area (Å²) in [5, 5.41) is 24.7. The van der Waals surface area contributed by atoms with Crippen molar-refractivity contribution in [1.29, 1.82) is 5.26 Å². The second kappa shape index (κ2) is 10.5. The molecule has 6 nitrogen and oxygen atoms in total. The fourth-order valence-corrected chi connectivity index (χ4v) is 2.93. The van der Waals surface area contributed by atoms with Crippen molar-refractivity contribution >= 4 is 17.3 Å². The summed E-state index contributed by atoms with van der Waals surface area (Å²) in [5.74, 6) is -0.878. The molecule has 0 saturated heterocycles. The molecule has 0 spiro atoms. The number of nitrogens with one attached hydrogen (secondary N) is 2. The van der Waals surface area contributed by atoms with E-state index in [9.17, 15) is 23.1 Å². The maximum absolute atomic E-state index is 13.1. The number of halogens is 3. The molecule has 0 bridgehead atoms. The van der Waals surface area contributed by atoms with Crippen LogP contribution < -0.4 is 10.6 Å². The van der Waals surface area contributed by atoms with Crippen LogP contribution in [0.3, 0.4) is 0 Å². The number of hydrogen-bond donors (Lipinski definition) is 3. The third-order valence-electron chi connectivity index (χ3n) is 4.63. The van der Waals surface area contributed by atoms with Crippen molar-refractivity contribution in [3.8, 4) is 6.07 Å². The first-order valence-corrected chi connectivity index (χ1v) is 9.92. The Morgan fingerprint density at radius 1 is 1.06 bits per heavy atom. The number of aliphatic hydroxyl groups is 1. The monoisotopic (exact) mass is 464 g/mol. The zero-order valence-electron chi connectivity index (χ0n) is 17.7. The molecule has 3 aromatic rings. The molecule has 34 heavy (non-hydrogen) atoms. The predicted molar refractivity (Wildman–Crippen MR) is 121 cm³/mol. The van der Waals surface area contributed by atoms with Crippen molar-refractivity contribution in [1.82, 2.24) is 4.98 Å². The number of nitrogens with zero attached hydrogens (tertiary/aromatic N) is 2. The Hall–Kier alpha value is -4.42. The maximum atomic E-state index is 13.1. The van der Waals surface area contributed by atoms with E-state index < -0.39 is 29.5 Å². The number of pyridine rings is 1. The number of nitriles is 1. The molecule has 1 heterocycles. The molecule has 0 aliphatic heterocycles. The van der Waals surface area contributed by atoms with E-state index in [2.05, 4.69) is 22.2 Å². The molecule has 0 aliphatic carbocycles. The standard InChI is InChI=1S/C25H19F3N4O2/c1-16(25(26,27)28)12-22(31-19-8-4-6-17(13-19)15-29)24(34)32-20-9-5-7-18(14-20)23(33)21-10-2-3-11-30-21/h2-14,23,31,33H,1H2,(H,32,34)/b22-12-. The molecule has 0 saturated carbocycles. The van der Waals surface area contributed by atoms with Crippen molar-refractivity contribution < 1.29 is 23.1 Å². The van der Waals surface area contributed by atoms with Gasteiger partial charge in [0.05, 0.1) is 22.9 Å². The van der Waals surface area contributed by atoms with Crippen molar-refractivity contribution in [2.24, 2.45) is 0 Å². The summed E-state index contributed by atoms with van der Waals surface area (Å²) in [6.45, 7) is 2.99. The molecule has 9 heteroatoms. The SMILES string of the molecule is C=C(/C=C(\Nc1cccc(C#N)c1)C(=O)Nc1cccc(C(O)c2ccccn2)c1)C(F)(F)F.